The van der Waals surface area contributed by atoms with Gasteiger partial charge in [-0.1, -0.05) is 24.3 Å². The number of nitrogens with zero attached hydrogens (tertiary/aromatic N) is 3. The molecule has 0 amide bonds. The third kappa shape index (κ3) is 3.38. The molecule has 2 rings (SSSR count). The summed E-state index contributed by atoms with van der Waals surface area (Å²) in [5.41, 5.74) is 2.40. The monoisotopic (exact) mass is 265 g/mol. The van der Waals surface area contributed by atoms with E-state index in [0.29, 0.717) is 18.9 Å². The van der Waals surface area contributed by atoms with Crippen LogP contribution >= 0.6 is 0 Å². The Morgan fingerprint density at radius 3 is 2.68 bits per heavy atom. The topological polar surface area (TPSA) is 21.1 Å². The van der Waals surface area contributed by atoms with E-state index in [1.807, 2.05) is 43.1 Å². The maximum absolute atomic E-state index is 12.7. The third-order valence-corrected chi connectivity index (χ3v) is 3.07. The lowest BCUT2D eigenvalue weighted by Gasteiger charge is -2.18. The van der Waals surface area contributed by atoms with Crippen LogP contribution in [-0.4, -0.2) is 21.5 Å². The van der Waals surface area contributed by atoms with Crippen molar-refractivity contribution in [3.8, 4) is 0 Å². The van der Waals surface area contributed by atoms with Gasteiger partial charge < -0.3 is 0 Å². The minimum Gasteiger partial charge on any atom is -0.295 e. The van der Waals surface area contributed by atoms with Crippen LogP contribution in [0.15, 0.2) is 36.7 Å². The molecule has 0 N–H and O–H groups in total. The molecular weight excluding hydrogens is 248 g/mol. The van der Waals surface area contributed by atoms with E-state index in [1.165, 1.54) is 23.5 Å². The first kappa shape index (κ1) is 13.7. The van der Waals surface area contributed by atoms with Gasteiger partial charge in [0.25, 0.3) is 0 Å². The van der Waals surface area contributed by atoms with Gasteiger partial charge in [0.2, 0.25) is 0 Å². The normalized spacial score (nSPS) is 11.5. The van der Waals surface area contributed by atoms with Crippen LogP contribution in [0.2, 0.25) is 0 Å². The fraction of sp³-hybridized carbons (Fsp3) is 0.357. The molecule has 0 radical (unpaired) electrons. The second-order valence-corrected chi connectivity index (χ2v) is 4.63. The van der Waals surface area contributed by atoms with Crippen LogP contribution in [-0.2, 0) is 13.1 Å². The van der Waals surface area contributed by atoms with Crippen molar-refractivity contribution in [3.05, 3.63) is 53.6 Å². The molecule has 0 aliphatic carbocycles. The summed E-state index contributed by atoms with van der Waals surface area (Å²) in [6, 6.07) is 8.06. The molecule has 0 spiro atoms. The lowest BCUT2D eigenvalue weighted by molar-refractivity contribution is 0.0644. The molecule has 1 aromatic carbocycles. The Morgan fingerprint density at radius 2 is 2.00 bits per heavy atom. The lowest BCUT2D eigenvalue weighted by atomic mass is 10.1. The molecule has 5 heteroatoms. The Balaban J connectivity index is 2.03. The number of aryl methyl sites for hydroxylation is 1. The summed E-state index contributed by atoms with van der Waals surface area (Å²) in [4.78, 5) is 5.96. The molecule has 2 aromatic rings. The highest BCUT2D eigenvalue weighted by Crippen LogP contribution is 2.15. The molecule has 1 aromatic heterocycles. The van der Waals surface area contributed by atoms with Gasteiger partial charge in [0.15, 0.2) is 0 Å². The standard InChI is InChI=1S/C14H17F2N3/c1-11-5-3-4-6-12(11)9-18(2)10-13-17-7-8-19(13)14(15)16/h3-8,14H,9-10H2,1-2H3. The highest BCUT2D eigenvalue weighted by atomic mass is 19.3. The number of imidazole rings is 1. The molecule has 19 heavy (non-hydrogen) atoms. The van der Waals surface area contributed by atoms with E-state index >= 15 is 0 Å². The van der Waals surface area contributed by atoms with Crippen molar-refractivity contribution in [2.45, 2.75) is 26.6 Å². The summed E-state index contributed by atoms with van der Waals surface area (Å²) in [7, 11) is 1.90. The summed E-state index contributed by atoms with van der Waals surface area (Å²) in [6.07, 6.45) is 2.71. The van der Waals surface area contributed by atoms with Crippen molar-refractivity contribution in [2.75, 3.05) is 7.05 Å². The van der Waals surface area contributed by atoms with Crippen LogP contribution in [0.4, 0.5) is 8.78 Å². The molecule has 3 nitrogen and oxygen atoms in total. The van der Waals surface area contributed by atoms with E-state index in [4.69, 9.17) is 0 Å². The summed E-state index contributed by atoms with van der Waals surface area (Å²) in [6.45, 7) is 0.613. The van der Waals surface area contributed by atoms with Crippen LogP contribution in [0, 0.1) is 6.92 Å². The molecule has 0 aliphatic heterocycles. The fourth-order valence-corrected chi connectivity index (χ4v) is 2.02. The van der Waals surface area contributed by atoms with Gasteiger partial charge in [-0.25, -0.2) is 4.98 Å². The quantitative estimate of drug-likeness (QED) is 0.827. The molecule has 0 aliphatic rings. The van der Waals surface area contributed by atoms with Gasteiger partial charge in [-0.2, -0.15) is 8.78 Å². The molecular formula is C14H17F2N3. The van der Waals surface area contributed by atoms with Crippen molar-refractivity contribution in [3.63, 3.8) is 0 Å². The van der Waals surface area contributed by atoms with E-state index < -0.39 is 6.55 Å². The second-order valence-electron chi connectivity index (χ2n) is 4.63. The van der Waals surface area contributed by atoms with E-state index in [2.05, 4.69) is 4.98 Å². The largest absolute Gasteiger partial charge is 0.319 e. The van der Waals surface area contributed by atoms with Crippen LogP contribution in [0.3, 0.4) is 0 Å². The molecule has 0 unspecified atom stereocenters. The van der Waals surface area contributed by atoms with Gasteiger partial charge in [0.05, 0.1) is 6.54 Å². The predicted molar refractivity (Wildman–Crippen MR) is 69.8 cm³/mol. The van der Waals surface area contributed by atoms with Crippen molar-refractivity contribution in [1.29, 1.82) is 0 Å². The molecule has 0 saturated carbocycles. The Hall–Kier alpha value is -1.75. The number of aromatic nitrogens is 2. The van der Waals surface area contributed by atoms with E-state index in [-0.39, 0.29) is 0 Å². The van der Waals surface area contributed by atoms with E-state index in [0.717, 1.165) is 4.57 Å². The Labute approximate surface area is 111 Å². The first-order valence-electron chi connectivity index (χ1n) is 6.11. The molecule has 0 bridgehead atoms. The maximum atomic E-state index is 12.7. The van der Waals surface area contributed by atoms with Gasteiger partial charge in [0, 0.05) is 18.9 Å². The van der Waals surface area contributed by atoms with Gasteiger partial charge >= 0.3 is 6.55 Å². The SMILES string of the molecule is Cc1ccccc1CN(C)Cc1nccn1C(F)F. The first-order valence-corrected chi connectivity index (χ1v) is 6.11. The molecule has 0 saturated heterocycles. The Kier molecular flexibility index (Phi) is 4.27. The summed E-state index contributed by atoms with van der Waals surface area (Å²) in [5.74, 6) is 0.381. The minimum absolute atomic E-state index is 0.381. The van der Waals surface area contributed by atoms with Gasteiger partial charge in [-0.15, -0.1) is 0 Å². The Bertz CT molecular complexity index is 537. The number of rotatable bonds is 5. The molecule has 0 atom stereocenters. The van der Waals surface area contributed by atoms with Crippen LogP contribution in [0.25, 0.3) is 0 Å². The highest BCUT2D eigenvalue weighted by molar-refractivity contribution is 5.25. The van der Waals surface area contributed by atoms with E-state index in [1.54, 1.807) is 0 Å². The average molecular weight is 265 g/mol. The average Bonchev–Trinajstić information content (AvgIpc) is 2.80. The zero-order chi connectivity index (χ0) is 13.8. The van der Waals surface area contributed by atoms with Crippen LogP contribution in [0.5, 0.6) is 0 Å². The number of benzene rings is 1. The Morgan fingerprint density at radius 1 is 1.26 bits per heavy atom. The van der Waals surface area contributed by atoms with Crippen molar-refractivity contribution < 1.29 is 8.78 Å². The van der Waals surface area contributed by atoms with Crippen molar-refractivity contribution in [1.82, 2.24) is 14.5 Å². The van der Waals surface area contributed by atoms with Gasteiger partial charge in [0.1, 0.15) is 5.82 Å². The first-order chi connectivity index (χ1) is 9.08. The van der Waals surface area contributed by atoms with Crippen molar-refractivity contribution >= 4 is 0 Å². The van der Waals surface area contributed by atoms with Gasteiger partial charge in [-0.3, -0.25) is 9.47 Å². The third-order valence-electron chi connectivity index (χ3n) is 3.07. The summed E-state index contributed by atoms with van der Waals surface area (Å²) >= 11 is 0. The van der Waals surface area contributed by atoms with Crippen LogP contribution < -0.4 is 0 Å². The number of hydrogen-bond donors (Lipinski definition) is 0. The zero-order valence-corrected chi connectivity index (χ0v) is 11.1. The summed E-state index contributed by atoms with van der Waals surface area (Å²) < 4.78 is 26.3. The molecule has 1 heterocycles. The number of alkyl halides is 2. The fourth-order valence-electron chi connectivity index (χ4n) is 2.02. The minimum atomic E-state index is -2.54. The van der Waals surface area contributed by atoms with Crippen LogP contribution in [0.1, 0.15) is 23.5 Å². The zero-order valence-electron chi connectivity index (χ0n) is 11.1. The number of halogens is 2. The highest BCUT2D eigenvalue weighted by Gasteiger charge is 2.13. The molecule has 102 valence electrons. The second kappa shape index (κ2) is 5.93. The predicted octanol–water partition coefficient (Wildman–Crippen LogP) is 3.22. The maximum Gasteiger partial charge on any atom is 0.319 e. The molecule has 0 fully saturated rings. The van der Waals surface area contributed by atoms with E-state index in [9.17, 15) is 8.78 Å². The number of hydrogen-bond acceptors (Lipinski definition) is 2. The summed E-state index contributed by atoms with van der Waals surface area (Å²) in [5, 5.41) is 0. The smallest absolute Gasteiger partial charge is 0.295 e. The lowest BCUT2D eigenvalue weighted by Crippen LogP contribution is -2.20. The van der Waals surface area contributed by atoms with Crippen molar-refractivity contribution in [2.24, 2.45) is 0 Å². The van der Waals surface area contributed by atoms with Gasteiger partial charge in [-0.05, 0) is 25.1 Å².